The van der Waals surface area contributed by atoms with Crippen LogP contribution in [0.1, 0.15) is 5.82 Å². The predicted molar refractivity (Wildman–Crippen MR) is 126 cm³/mol. The smallest absolute Gasteiger partial charge is 0.353 e. The second-order valence-electron chi connectivity index (χ2n) is 7.97. The van der Waals surface area contributed by atoms with Gasteiger partial charge in [-0.1, -0.05) is 12.1 Å². The third-order valence-electron chi connectivity index (χ3n) is 5.60. The molecule has 1 fully saturated rings. The molecule has 0 atom stereocenters. The fraction of sp³-hybridized carbons (Fsp3) is 0.261. The van der Waals surface area contributed by atoms with Crippen LogP contribution in [-0.4, -0.2) is 56.0 Å². The van der Waals surface area contributed by atoms with E-state index in [1.807, 2.05) is 4.90 Å². The highest BCUT2D eigenvalue weighted by atomic mass is 32.2. The van der Waals surface area contributed by atoms with E-state index in [-0.39, 0.29) is 34.9 Å². The zero-order valence-electron chi connectivity index (χ0n) is 18.7. The van der Waals surface area contributed by atoms with E-state index in [1.165, 1.54) is 24.3 Å². The lowest BCUT2D eigenvalue weighted by atomic mass is 9.98. The molecule has 0 bridgehead atoms. The van der Waals surface area contributed by atoms with Gasteiger partial charge in [-0.05, 0) is 42.0 Å². The van der Waals surface area contributed by atoms with Gasteiger partial charge < -0.3 is 4.90 Å². The Labute approximate surface area is 205 Å². The topological polar surface area (TPSA) is 102 Å². The van der Waals surface area contributed by atoms with Crippen molar-refractivity contribution in [3.8, 4) is 28.5 Å². The van der Waals surface area contributed by atoms with Gasteiger partial charge in [0.05, 0.1) is 23.9 Å². The van der Waals surface area contributed by atoms with E-state index < -0.39 is 28.7 Å². The van der Waals surface area contributed by atoms with E-state index in [0.717, 1.165) is 12.1 Å². The fourth-order valence-corrected chi connectivity index (χ4v) is 4.30. The van der Waals surface area contributed by atoms with Crippen LogP contribution in [0, 0.1) is 17.1 Å². The van der Waals surface area contributed by atoms with Crippen molar-refractivity contribution in [2.75, 3.05) is 42.3 Å². The SMILES string of the molecule is N#CCN1CCN(c2nc(C(F)(F)F)nc(-c3ccc(F)cc3)c2-c2cccc(N[SH](=O)=O)c2)CC1. The largest absolute Gasteiger partial charge is 0.451 e. The van der Waals surface area contributed by atoms with E-state index in [1.54, 1.807) is 17.0 Å². The van der Waals surface area contributed by atoms with Crippen molar-refractivity contribution in [3.05, 3.63) is 60.2 Å². The summed E-state index contributed by atoms with van der Waals surface area (Å²) in [6.45, 7) is 1.66. The molecule has 0 radical (unpaired) electrons. The van der Waals surface area contributed by atoms with E-state index in [0.29, 0.717) is 31.7 Å². The number of nitrogens with one attached hydrogen (secondary N) is 1. The summed E-state index contributed by atoms with van der Waals surface area (Å²) in [5.41, 5.74) is 0.984. The van der Waals surface area contributed by atoms with Gasteiger partial charge in [-0.3, -0.25) is 9.62 Å². The Bertz CT molecular complexity index is 1360. The number of hydrogen-bond acceptors (Lipinski definition) is 7. The van der Waals surface area contributed by atoms with Crippen molar-refractivity contribution in [3.63, 3.8) is 0 Å². The number of anilines is 2. The molecule has 1 N–H and O–H groups in total. The van der Waals surface area contributed by atoms with Crippen LogP contribution in [0.2, 0.25) is 0 Å². The Kier molecular flexibility index (Phi) is 7.37. The fourth-order valence-electron chi connectivity index (χ4n) is 3.95. The lowest BCUT2D eigenvalue weighted by molar-refractivity contribution is -0.144. The molecule has 188 valence electrons. The highest BCUT2D eigenvalue weighted by molar-refractivity contribution is 7.73. The molecule has 4 rings (SSSR count). The highest BCUT2D eigenvalue weighted by Crippen LogP contribution is 2.41. The summed E-state index contributed by atoms with van der Waals surface area (Å²) in [6.07, 6.45) is -4.85. The normalized spacial score (nSPS) is 14.6. The van der Waals surface area contributed by atoms with Crippen LogP contribution in [0.4, 0.5) is 29.1 Å². The highest BCUT2D eigenvalue weighted by Gasteiger charge is 2.38. The standard InChI is InChI=1S/C23H20F4N6O2S/c24-17-6-4-15(5-7-17)20-19(16-2-1-3-18(14-16)31-36(34)35)21(30-22(29-20)23(25,26)27)33-12-10-32(9-8-28)11-13-33/h1-7,14,36H,9-13H2,(H,31,34,35). The van der Waals surface area contributed by atoms with Crippen LogP contribution in [0.5, 0.6) is 0 Å². The third kappa shape index (κ3) is 5.72. The number of thiol groups is 1. The molecule has 2 aromatic carbocycles. The van der Waals surface area contributed by atoms with Gasteiger partial charge in [-0.15, -0.1) is 0 Å². The molecule has 2 heterocycles. The second-order valence-corrected chi connectivity index (χ2v) is 8.71. The molecule has 0 unspecified atom stereocenters. The maximum absolute atomic E-state index is 13.9. The summed E-state index contributed by atoms with van der Waals surface area (Å²) < 4.78 is 79.9. The first-order chi connectivity index (χ1) is 17.2. The Morgan fingerprint density at radius 3 is 2.31 bits per heavy atom. The Hall–Kier alpha value is -3.76. The number of benzene rings is 2. The average molecular weight is 521 g/mol. The molecule has 3 aromatic rings. The van der Waals surface area contributed by atoms with Crippen LogP contribution in [0.15, 0.2) is 48.5 Å². The van der Waals surface area contributed by atoms with Crippen molar-refractivity contribution in [1.82, 2.24) is 14.9 Å². The van der Waals surface area contributed by atoms with Gasteiger partial charge in [-0.25, -0.2) is 22.8 Å². The van der Waals surface area contributed by atoms with Crippen LogP contribution in [-0.2, 0) is 17.1 Å². The van der Waals surface area contributed by atoms with Crippen LogP contribution in [0.25, 0.3) is 22.4 Å². The molecule has 1 aliphatic rings. The van der Waals surface area contributed by atoms with Crippen molar-refractivity contribution < 1.29 is 26.0 Å². The number of rotatable bonds is 6. The van der Waals surface area contributed by atoms with Gasteiger partial charge in [-0.2, -0.15) is 18.4 Å². The van der Waals surface area contributed by atoms with Crippen molar-refractivity contribution in [1.29, 1.82) is 5.26 Å². The Morgan fingerprint density at radius 1 is 1.00 bits per heavy atom. The number of aromatic nitrogens is 2. The molecule has 0 aliphatic carbocycles. The van der Waals surface area contributed by atoms with Gasteiger partial charge >= 0.3 is 6.18 Å². The van der Waals surface area contributed by atoms with Crippen molar-refractivity contribution in [2.24, 2.45) is 0 Å². The van der Waals surface area contributed by atoms with Gasteiger partial charge in [0.1, 0.15) is 11.6 Å². The average Bonchev–Trinajstić information content (AvgIpc) is 2.84. The minimum atomic E-state index is -4.85. The monoisotopic (exact) mass is 520 g/mol. The van der Waals surface area contributed by atoms with E-state index in [9.17, 15) is 26.0 Å². The first kappa shape index (κ1) is 25.3. The minimum absolute atomic E-state index is 0.0110. The third-order valence-corrected chi connectivity index (χ3v) is 6.04. The molecule has 0 spiro atoms. The summed E-state index contributed by atoms with van der Waals surface area (Å²) in [5, 5.41) is 8.96. The molecular weight excluding hydrogens is 500 g/mol. The van der Waals surface area contributed by atoms with E-state index in [4.69, 9.17) is 5.26 Å². The molecule has 1 saturated heterocycles. The zero-order chi connectivity index (χ0) is 25.9. The minimum Gasteiger partial charge on any atom is -0.353 e. The molecule has 0 saturated carbocycles. The molecule has 0 amide bonds. The number of nitrogens with zero attached hydrogens (tertiary/aromatic N) is 5. The van der Waals surface area contributed by atoms with Crippen molar-refractivity contribution in [2.45, 2.75) is 6.18 Å². The Morgan fingerprint density at radius 2 is 1.69 bits per heavy atom. The van der Waals surface area contributed by atoms with E-state index in [2.05, 4.69) is 20.8 Å². The summed E-state index contributed by atoms with van der Waals surface area (Å²) in [7, 11) is -2.98. The molecule has 13 heteroatoms. The number of nitriles is 1. The van der Waals surface area contributed by atoms with E-state index >= 15 is 0 Å². The number of alkyl halides is 3. The first-order valence-corrected chi connectivity index (χ1v) is 11.9. The first-order valence-electron chi connectivity index (χ1n) is 10.8. The second kappa shape index (κ2) is 10.5. The molecular formula is C23H20F4N6O2S. The van der Waals surface area contributed by atoms with Gasteiger partial charge in [0.25, 0.3) is 0 Å². The van der Waals surface area contributed by atoms with Gasteiger partial charge in [0.2, 0.25) is 16.7 Å². The molecule has 8 nitrogen and oxygen atoms in total. The molecule has 36 heavy (non-hydrogen) atoms. The number of hydrogen-bond donors (Lipinski definition) is 2. The summed E-state index contributed by atoms with van der Waals surface area (Å²) in [4.78, 5) is 11.3. The number of piperazine rings is 1. The summed E-state index contributed by atoms with van der Waals surface area (Å²) in [5.74, 6) is -1.90. The predicted octanol–water partition coefficient (Wildman–Crippen LogP) is 3.55. The lowest BCUT2D eigenvalue weighted by Gasteiger charge is -2.35. The van der Waals surface area contributed by atoms with Crippen LogP contribution >= 0.6 is 0 Å². The molecule has 1 aliphatic heterocycles. The van der Waals surface area contributed by atoms with Crippen molar-refractivity contribution >= 4 is 22.4 Å². The summed E-state index contributed by atoms with van der Waals surface area (Å²) in [6, 6.07) is 13.1. The van der Waals surface area contributed by atoms with Gasteiger partial charge in [0.15, 0.2) is 0 Å². The molecule has 1 aromatic heterocycles. The van der Waals surface area contributed by atoms with Gasteiger partial charge in [0, 0.05) is 37.4 Å². The van der Waals surface area contributed by atoms with Crippen LogP contribution in [0.3, 0.4) is 0 Å². The number of halogens is 4. The quantitative estimate of drug-likeness (QED) is 0.291. The van der Waals surface area contributed by atoms with Crippen LogP contribution < -0.4 is 9.62 Å². The Balaban J connectivity index is 1.95. The maximum Gasteiger partial charge on any atom is 0.451 e. The lowest BCUT2D eigenvalue weighted by Crippen LogP contribution is -2.47. The maximum atomic E-state index is 13.9. The zero-order valence-corrected chi connectivity index (χ0v) is 19.6. The summed E-state index contributed by atoms with van der Waals surface area (Å²) >= 11 is 0.